The van der Waals surface area contributed by atoms with Gasteiger partial charge >= 0.3 is 0 Å². The van der Waals surface area contributed by atoms with Crippen molar-refractivity contribution >= 4 is 27.3 Å². The van der Waals surface area contributed by atoms with Crippen LogP contribution in [0.15, 0.2) is 34.9 Å². The maximum Gasteiger partial charge on any atom is 0.137 e. The van der Waals surface area contributed by atoms with Crippen LogP contribution in [0.4, 0.5) is 15.8 Å². The molecule has 0 fully saturated rings. The minimum absolute atomic E-state index is 0.266. The summed E-state index contributed by atoms with van der Waals surface area (Å²) < 4.78 is 13.7. The first kappa shape index (κ1) is 14.0. The average Bonchev–Trinajstić information content (AvgIpc) is 2.36. The highest BCUT2D eigenvalue weighted by Crippen LogP contribution is 2.29. The highest BCUT2D eigenvalue weighted by Gasteiger charge is 2.11. The Morgan fingerprint density at radius 2 is 2.00 bits per heavy atom. The summed E-state index contributed by atoms with van der Waals surface area (Å²) in [6.07, 6.45) is 1.82. The van der Waals surface area contributed by atoms with Crippen LogP contribution in [0.25, 0.3) is 0 Å². The predicted octanol–water partition coefficient (Wildman–Crippen LogP) is 5.16. The molecule has 1 heterocycles. The minimum atomic E-state index is -0.266. The molecule has 0 unspecified atom stereocenters. The number of aromatic nitrogens is 1. The second-order valence-corrected chi connectivity index (χ2v) is 5.65. The number of anilines is 2. The van der Waals surface area contributed by atoms with Crippen LogP contribution in [-0.4, -0.2) is 4.98 Å². The summed E-state index contributed by atoms with van der Waals surface area (Å²) in [6, 6.07) is 6.85. The molecule has 0 spiro atoms. The first-order chi connectivity index (χ1) is 8.99. The first-order valence-electron chi connectivity index (χ1n) is 6.16. The SMILES string of the molecule is Cc1ccnc(C(C)C)c1Nc1ccc(F)c(Br)c1. The zero-order valence-corrected chi connectivity index (χ0v) is 12.8. The van der Waals surface area contributed by atoms with Gasteiger partial charge in [-0.25, -0.2) is 4.39 Å². The Morgan fingerprint density at radius 1 is 1.26 bits per heavy atom. The second-order valence-electron chi connectivity index (χ2n) is 4.80. The van der Waals surface area contributed by atoms with Gasteiger partial charge in [0.05, 0.1) is 15.9 Å². The maximum absolute atomic E-state index is 13.2. The number of halogens is 2. The number of nitrogens with one attached hydrogen (secondary N) is 1. The van der Waals surface area contributed by atoms with Gasteiger partial charge in [-0.3, -0.25) is 4.98 Å². The normalized spacial score (nSPS) is 10.8. The zero-order chi connectivity index (χ0) is 14.0. The summed E-state index contributed by atoms with van der Waals surface area (Å²) in [5, 5.41) is 3.33. The molecular formula is C15H16BrFN2. The number of benzene rings is 1. The van der Waals surface area contributed by atoms with Gasteiger partial charge in [0.2, 0.25) is 0 Å². The zero-order valence-electron chi connectivity index (χ0n) is 11.2. The number of rotatable bonds is 3. The lowest BCUT2D eigenvalue weighted by Crippen LogP contribution is -2.03. The van der Waals surface area contributed by atoms with Crippen molar-refractivity contribution in [1.82, 2.24) is 4.98 Å². The van der Waals surface area contributed by atoms with Crippen molar-refractivity contribution in [3.05, 3.63) is 52.0 Å². The van der Waals surface area contributed by atoms with E-state index in [-0.39, 0.29) is 5.82 Å². The molecule has 2 nitrogen and oxygen atoms in total. The van der Waals surface area contributed by atoms with E-state index in [4.69, 9.17) is 0 Å². The molecule has 0 saturated heterocycles. The predicted molar refractivity (Wildman–Crippen MR) is 80.4 cm³/mol. The molecular weight excluding hydrogens is 307 g/mol. The van der Waals surface area contributed by atoms with Crippen LogP contribution in [0, 0.1) is 12.7 Å². The molecule has 19 heavy (non-hydrogen) atoms. The monoisotopic (exact) mass is 322 g/mol. The van der Waals surface area contributed by atoms with Gasteiger partial charge in [0.25, 0.3) is 0 Å². The Bertz CT molecular complexity index is 597. The van der Waals surface area contributed by atoms with Gasteiger partial charge in [0.1, 0.15) is 5.82 Å². The molecule has 0 aliphatic heterocycles. The molecule has 0 aliphatic carbocycles. The Morgan fingerprint density at radius 3 is 2.63 bits per heavy atom. The maximum atomic E-state index is 13.2. The van der Waals surface area contributed by atoms with E-state index < -0.39 is 0 Å². The average molecular weight is 323 g/mol. The standard InChI is InChI=1S/C15H16BrFN2/c1-9(2)14-15(10(3)6-7-18-14)19-11-4-5-13(17)12(16)8-11/h4-9,19H,1-3H3. The Labute approximate surface area is 121 Å². The molecule has 2 rings (SSSR count). The van der Waals surface area contributed by atoms with Crippen molar-refractivity contribution in [3.63, 3.8) is 0 Å². The van der Waals surface area contributed by atoms with E-state index in [1.165, 1.54) is 6.07 Å². The van der Waals surface area contributed by atoms with Crippen molar-refractivity contribution in [2.45, 2.75) is 26.7 Å². The van der Waals surface area contributed by atoms with Crippen LogP contribution < -0.4 is 5.32 Å². The van der Waals surface area contributed by atoms with Crippen molar-refractivity contribution in [1.29, 1.82) is 0 Å². The topological polar surface area (TPSA) is 24.9 Å². The van der Waals surface area contributed by atoms with Gasteiger partial charge < -0.3 is 5.32 Å². The van der Waals surface area contributed by atoms with E-state index >= 15 is 0 Å². The molecule has 100 valence electrons. The molecule has 0 radical (unpaired) electrons. The van der Waals surface area contributed by atoms with Gasteiger partial charge in [-0.15, -0.1) is 0 Å². The number of hydrogen-bond donors (Lipinski definition) is 1. The van der Waals surface area contributed by atoms with E-state index in [1.54, 1.807) is 12.1 Å². The lowest BCUT2D eigenvalue weighted by molar-refractivity contribution is 0.621. The fourth-order valence-corrected chi connectivity index (χ4v) is 2.28. The number of pyridine rings is 1. The van der Waals surface area contributed by atoms with Crippen LogP contribution in [0.1, 0.15) is 31.0 Å². The van der Waals surface area contributed by atoms with Gasteiger partial charge in [0, 0.05) is 11.9 Å². The lowest BCUT2D eigenvalue weighted by Gasteiger charge is -2.16. The summed E-state index contributed by atoms with van der Waals surface area (Å²) in [4.78, 5) is 4.43. The summed E-state index contributed by atoms with van der Waals surface area (Å²) >= 11 is 3.19. The van der Waals surface area contributed by atoms with Crippen molar-refractivity contribution in [2.75, 3.05) is 5.32 Å². The third kappa shape index (κ3) is 3.13. The molecule has 1 N–H and O–H groups in total. The molecule has 0 amide bonds. The third-order valence-corrected chi connectivity index (χ3v) is 3.53. The largest absolute Gasteiger partial charge is 0.354 e. The van der Waals surface area contributed by atoms with Gasteiger partial charge in [0.15, 0.2) is 0 Å². The number of nitrogens with zero attached hydrogens (tertiary/aromatic N) is 1. The fourth-order valence-electron chi connectivity index (χ4n) is 1.90. The summed E-state index contributed by atoms with van der Waals surface area (Å²) in [5.41, 5.74) is 3.97. The van der Waals surface area contributed by atoms with Gasteiger partial charge in [-0.2, -0.15) is 0 Å². The highest BCUT2D eigenvalue weighted by molar-refractivity contribution is 9.10. The molecule has 0 aliphatic rings. The van der Waals surface area contributed by atoms with Crippen LogP contribution in [0.5, 0.6) is 0 Å². The Kier molecular flexibility index (Phi) is 4.20. The van der Waals surface area contributed by atoms with E-state index in [2.05, 4.69) is 40.1 Å². The Balaban J connectivity index is 2.40. The van der Waals surface area contributed by atoms with E-state index in [1.807, 2.05) is 19.2 Å². The van der Waals surface area contributed by atoms with Crippen molar-refractivity contribution in [2.24, 2.45) is 0 Å². The molecule has 1 aromatic heterocycles. The van der Waals surface area contributed by atoms with Crippen molar-refractivity contribution in [3.8, 4) is 0 Å². The third-order valence-electron chi connectivity index (χ3n) is 2.92. The van der Waals surface area contributed by atoms with Gasteiger partial charge in [-0.05, 0) is 58.6 Å². The summed E-state index contributed by atoms with van der Waals surface area (Å²) in [6.45, 7) is 6.25. The van der Waals surface area contributed by atoms with E-state index in [9.17, 15) is 4.39 Å². The van der Waals surface area contributed by atoms with Crippen molar-refractivity contribution < 1.29 is 4.39 Å². The number of aryl methyl sites for hydroxylation is 1. The van der Waals surface area contributed by atoms with Crippen LogP contribution in [0.2, 0.25) is 0 Å². The minimum Gasteiger partial charge on any atom is -0.354 e. The molecule has 4 heteroatoms. The Hall–Kier alpha value is -1.42. The first-order valence-corrected chi connectivity index (χ1v) is 6.96. The smallest absolute Gasteiger partial charge is 0.137 e. The molecule has 2 aromatic rings. The van der Waals surface area contributed by atoms with Crippen LogP contribution in [-0.2, 0) is 0 Å². The molecule has 0 atom stereocenters. The van der Waals surface area contributed by atoms with Crippen LogP contribution >= 0.6 is 15.9 Å². The van der Waals surface area contributed by atoms with E-state index in [0.717, 1.165) is 22.6 Å². The second kappa shape index (κ2) is 5.70. The van der Waals surface area contributed by atoms with E-state index in [0.29, 0.717) is 10.4 Å². The van der Waals surface area contributed by atoms with Gasteiger partial charge in [-0.1, -0.05) is 13.8 Å². The van der Waals surface area contributed by atoms with Crippen LogP contribution in [0.3, 0.4) is 0 Å². The fraction of sp³-hybridized carbons (Fsp3) is 0.267. The molecule has 1 aromatic carbocycles. The molecule has 0 bridgehead atoms. The summed E-state index contributed by atoms with van der Waals surface area (Å²) in [7, 11) is 0. The molecule has 0 saturated carbocycles. The lowest BCUT2D eigenvalue weighted by atomic mass is 10.0. The highest BCUT2D eigenvalue weighted by atomic mass is 79.9. The number of hydrogen-bond acceptors (Lipinski definition) is 2. The quantitative estimate of drug-likeness (QED) is 0.844. The summed E-state index contributed by atoms with van der Waals surface area (Å²) in [5.74, 6) is 0.0591.